The Hall–Kier alpha value is -1.08. The van der Waals surface area contributed by atoms with Crippen LogP contribution >= 0.6 is 22.9 Å². The summed E-state index contributed by atoms with van der Waals surface area (Å²) in [5.41, 5.74) is 5.59. The molecule has 7 heteroatoms. The van der Waals surface area contributed by atoms with Crippen molar-refractivity contribution >= 4 is 38.6 Å². The summed E-state index contributed by atoms with van der Waals surface area (Å²) in [5, 5.41) is 2.38. The van der Waals surface area contributed by atoms with E-state index in [4.69, 9.17) is 17.3 Å². The number of nitrogens with one attached hydrogen (secondary N) is 1. The summed E-state index contributed by atoms with van der Waals surface area (Å²) >= 11 is 7.39. The van der Waals surface area contributed by atoms with E-state index in [0.717, 1.165) is 4.88 Å². The highest BCUT2D eigenvalue weighted by atomic mass is 35.5. The molecule has 0 unspecified atom stereocenters. The summed E-state index contributed by atoms with van der Waals surface area (Å²) < 4.78 is 27.3. The number of nitrogen functional groups attached to an aromatic ring is 1. The predicted octanol–water partition coefficient (Wildman–Crippen LogP) is 3.24. The third-order valence-corrected chi connectivity index (χ3v) is 6.10. The molecule has 4 nitrogen and oxygen atoms in total. The summed E-state index contributed by atoms with van der Waals surface area (Å²) in [7, 11) is -3.66. The topological polar surface area (TPSA) is 72.2 Å². The fourth-order valence-electron chi connectivity index (χ4n) is 1.87. The van der Waals surface area contributed by atoms with Crippen molar-refractivity contribution in [1.82, 2.24) is 4.72 Å². The molecule has 21 heavy (non-hydrogen) atoms. The van der Waals surface area contributed by atoms with Crippen LogP contribution in [0.25, 0.3) is 0 Å². The summed E-state index contributed by atoms with van der Waals surface area (Å²) in [6.45, 7) is 4.27. The molecule has 1 aromatic heterocycles. The molecule has 114 valence electrons. The first-order valence-corrected chi connectivity index (χ1v) is 9.05. The number of nitrogens with two attached hydrogens (primary N) is 1. The maximum atomic E-state index is 12.3. The molecule has 3 N–H and O–H groups in total. The van der Waals surface area contributed by atoms with Gasteiger partial charge >= 0.3 is 0 Å². The third kappa shape index (κ3) is 3.77. The second-order valence-electron chi connectivity index (χ2n) is 5.37. The van der Waals surface area contributed by atoms with Gasteiger partial charge in [-0.2, -0.15) is 0 Å². The number of thiophene rings is 1. The van der Waals surface area contributed by atoms with Gasteiger partial charge in [0.2, 0.25) is 10.0 Å². The Bertz CT molecular complexity index is 725. The van der Waals surface area contributed by atoms with Gasteiger partial charge in [0.1, 0.15) is 4.90 Å². The quantitative estimate of drug-likeness (QED) is 0.818. The summed E-state index contributed by atoms with van der Waals surface area (Å²) in [6, 6.07) is 8.30. The van der Waals surface area contributed by atoms with Crippen LogP contribution in [0, 0.1) is 0 Å². The van der Waals surface area contributed by atoms with Gasteiger partial charge < -0.3 is 5.73 Å². The molecular formula is C14H17ClN2O2S2. The van der Waals surface area contributed by atoms with Gasteiger partial charge in [0.25, 0.3) is 0 Å². The fraction of sp³-hybridized carbons (Fsp3) is 0.286. The van der Waals surface area contributed by atoms with Crippen LogP contribution in [0.2, 0.25) is 5.02 Å². The molecule has 0 radical (unpaired) electrons. The van der Waals surface area contributed by atoms with Crippen molar-refractivity contribution in [3.05, 3.63) is 45.6 Å². The lowest BCUT2D eigenvalue weighted by Gasteiger charge is -2.23. The minimum Gasteiger partial charge on any atom is -0.398 e. The highest BCUT2D eigenvalue weighted by Crippen LogP contribution is 2.28. The van der Waals surface area contributed by atoms with Crippen molar-refractivity contribution in [1.29, 1.82) is 0 Å². The van der Waals surface area contributed by atoms with Gasteiger partial charge in [-0.15, -0.1) is 11.3 Å². The van der Waals surface area contributed by atoms with Crippen LogP contribution in [0.3, 0.4) is 0 Å². The molecule has 0 amide bonds. The molecule has 0 aliphatic carbocycles. The number of hydrogen-bond acceptors (Lipinski definition) is 4. The largest absolute Gasteiger partial charge is 0.398 e. The van der Waals surface area contributed by atoms with E-state index < -0.39 is 10.0 Å². The monoisotopic (exact) mass is 344 g/mol. The van der Waals surface area contributed by atoms with E-state index in [1.54, 1.807) is 11.3 Å². The molecule has 0 aliphatic heterocycles. The maximum Gasteiger partial charge on any atom is 0.242 e. The smallest absolute Gasteiger partial charge is 0.242 e. The van der Waals surface area contributed by atoms with E-state index in [1.807, 2.05) is 31.4 Å². The van der Waals surface area contributed by atoms with Crippen molar-refractivity contribution in [3.8, 4) is 0 Å². The van der Waals surface area contributed by atoms with Gasteiger partial charge in [-0.1, -0.05) is 31.5 Å². The van der Waals surface area contributed by atoms with Crippen molar-refractivity contribution in [2.45, 2.75) is 24.2 Å². The zero-order chi connectivity index (χ0) is 15.7. The van der Waals surface area contributed by atoms with E-state index >= 15 is 0 Å². The Kier molecular flexibility index (Phi) is 4.63. The van der Waals surface area contributed by atoms with Gasteiger partial charge in [-0.05, 0) is 29.6 Å². The van der Waals surface area contributed by atoms with Crippen molar-refractivity contribution < 1.29 is 8.42 Å². The normalized spacial score (nSPS) is 12.5. The molecule has 0 saturated carbocycles. The first-order valence-electron chi connectivity index (χ1n) is 6.31. The van der Waals surface area contributed by atoms with Crippen LogP contribution in [0.4, 0.5) is 5.69 Å². The molecular weight excluding hydrogens is 328 g/mol. The minimum atomic E-state index is -3.66. The lowest BCUT2D eigenvalue weighted by atomic mass is 9.92. The van der Waals surface area contributed by atoms with Crippen molar-refractivity contribution in [2.24, 2.45) is 0 Å². The van der Waals surface area contributed by atoms with Gasteiger partial charge in [0, 0.05) is 21.9 Å². The first kappa shape index (κ1) is 16.3. The Labute approximate surface area is 134 Å². The number of benzene rings is 1. The molecule has 0 saturated heterocycles. The van der Waals surface area contributed by atoms with Crippen LogP contribution in [0.5, 0.6) is 0 Å². The van der Waals surface area contributed by atoms with Crippen LogP contribution in [0.15, 0.2) is 40.6 Å². The lowest BCUT2D eigenvalue weighted by molar-refractivity contribution is 0.509. The highest BCUT2D eigenvalue weighted by Gasteiger charge is 2.26. The maximum absolute atomic E-state index is 12.3. The van der Waals surface area contributed by atoms with Crippen LogP contribution < -0.4 is 10.5 Å². The molecule has 1 aromatic carbocycles. The Morgan fingerprint density at radius 1 is 1.33 bits per heavy atom. The van der Waals surface area contributed by atoms with E-state index in [9.17, 15) is 8.42 Å². The van der Waals surface area contributed by atoms with Crippen LogP contribution in [-0.2, 0) is 15.4 Å². The van der Waals surface area contributed by atoms with Gasteiger partial charge in [0.05, 0.1) is 5.69 Å². The minimum absolute atomic E-state index is 0.0499. The number of anilines is 1. The van der Waals surface area contributed by atoms with Crippen LogP contribution in [0.1, 0.15) is 18.7 Å². The first-order chi connectivity index (χ1) is 9.72. The summed E-state index contributed by atoms with van der Waals surface area (Å²) in [4.78, 5) is 1.17. The van der Waals surface area contributed by atoms with E-state index in [2.05, 4.69) is 4.72 Å². The van der Waals surface area contributed by atoms with Crippen LogP contribution in [-0.4, -0.2) is 15.0 Å². The number of hydrogen-bond donors (Lipinski definition) is 2. The molecule has 0 atom stereocenters. The zero-order valence-corrected chi connectivity index (χ0v) is 14.1. The van der Waals surface area contributed by atoms with E-state index in [-0.39, 0.29) is 22.5 Å². The number of rotatable bonds is 5. The third-order valence-electron chi connectivity index (χ3n) is 3.15. The van der Waals surface area contributed by atoms with Gasteiger partial charge in [-0.25, -0.2) is 13.1 Å². The van der Waals surface area contributed by atoms with Gasteiger partial charge in [0.15, 0.2) is 0 Å². The summed E-state index contributed by atoms with van der Waals surface area (Å²) in [6.07, 6.45) is 0. The van der Waals surface area contributed by atoms with E-state index in [1.165, 1.54) is 18.2 Å². The molecule has 2 rings (SSSR count). The lowest BCUT2D eigenvalue weighted by Crippen LogP contribution is -2.36. The highest BCUT2D eigenvalue weighted by molar-refractivity contribution is 7.89. The Morgan fingerprint density at radius 3 is 2.62 bits per heavy atom. The van der Waals surface area contributed by atoms with Crippen molar-refractivity contribution in [3.63, 3.8) is 0 Å². The second-order valence-corrected chi connectivity index (χ2v) is 8.49. The fourth-order valence-corrected chi connectivity index (χ4v) is 4.22. The molecule has 0 fully saturated rings. The standard InChI is InChI=1S/C14H17ClN2O2S2/c1-14(2,13-4-3-7-20-13)9-17-21(18,19)12-6-5-10(15)8-11(12)16/h3-8,17H,9,16H2,1-2H3. The average Bonchev–Trinajstić information content (AvgIpc) is 2.91. The molecule has 2 aromatic rings. The Balaban J connectivity index is 2.19. The molecule has 1 heterocycles. The molecule has 0 aliphatic rings. The Morgan fingerprint density at radius 2 is 2.05 bits per heavy atom. The second kappa shape index (κ2) is 5.96. The number of sulfonamides is 1. The summed E-state index contributed by atoms with van der Waals surface area (Å²) in [5.74, 6) is 0. The number of halogens is 1. The zero-order valence-electron chi connectivity index (χ0n) is 11.8. The van der Waals surface area contributed by atoms with Gasteiger partial charge in [-0.3, -0.25) is 0 Å². The predicted molar refractivity (Wildman–Crippen MR) is 88.4 cm³/mol. The molecule has 0 bridgehead atoms. The van der Waals surface area contributed by atoms with E-state index in [0.29, 0.717) is 5.02 Å². The SMILES string of the molecule is CC(C)(CNS(=O)(=O)c1ccc(Cl)cc1N)c1cccs1. The molecule has 0 spiro atoms. The van der Waals surface area contributed by atoms with Crippen molar-refractivity contribution in [2.75, 3.05) is 12.3 Å². The average molecular weight is 345 g/mol.